The quantitative estimate of drug-likeness (QED) is 0.291. The number of hydrogen-bond acceptors (Lipinski definition) is 0. The Hall–Kier alpha value is 4.10. The molecule has 0 heterocycles. The molecule has 0 aromatic heterocycles. The van der Waals surface area contributed by atoms with Crippen LogP contribution in [0.1, 0.15) is 0 Å². The predicted molar refractivity (Wildman–Crippen MR) is 5.75 cm³/mol. The van der Waals surface area contributed by atoms with Crippen LogP contribution < -0.4 is 0 Å². The molecule has 0 unspecified atom stereocenters. The van der Waals surface area contributed by atoms with E-state index in [2.05, 4.69) is 0 Å². The molecule has 0 spiro atoms. The van der Waals surface area contributed by atoms with Gasteiger partial charge in [0.25, 0.3) is 0 Å². The molecule has 0 aliphatic rings. The Balaban J connectivity index is 0. The summed E-state index contributed by atoms with van der Waals surface area (Å²) >= 11 is 0. The van der Waals surface area contributed by atoms with Crippen molar-refractivity contribution in [1.29, 1.82) is 0 Å². The summed E-state index contributed by atoms with van der Waals surface area (Å²) < 4.78 is 0. The first kappa shape index (κ1) is 49.7. The molecule has 49 valence electrons. The van der Waals surface area contributed by atoms with Crippen LogP contribution >= 0.6 is 0 Å². The second kappa shape index (κ2) is 35.5. The van der Waals surface area contributed by atoms with Gasteiger partial charge in [-0.2, -0.15) is 0 Å². The van der Waals surface area contributed by atoms with E-state index in [1.165, 1.54) is 0 Å². The summed E-state index contributed by atoms with van der Waals surface area (Å²) in [5, 5.41) is 0. The maximum absolute atomic E-state index is 0. The minimum absolute atomic E-state index is 0. The van der Waals surface area contributed by atoms with Crippen molar-refractivity contribution in [2.24, 2.45) is 0 Å². The zero-order valence-electron chi connectivity index (χ0n) is 2.14. The molecule has 0 atom stereocenters. The Bertz CT molecular complexity index is 15.5. The van der Waals surface area contributed by atoms with Gasteiger partial charge in [-0.25, -0.2) is 0 Å². The van der Waals surface area contributed by atoms with Gasteiger partial charge in [-0.1, -0.05) is 0 Å². The van der Waals surface area contributed by atoms with E-state index < -0.39 is 0 Å². The van der Waals surface area contributed by atoms with Crippen molar-refractivity contribution in [3.05, 3.63) is 0 Å². The van der Waals surface area contributed by atoms with Crippen LogP contribution in [0.3, 0.4) is 0 Å². The summed E-state index contributed by atoms with van der Waals surface area (Å²) in [6.07, 6.45) is 0. The Morgan fingerprint density at radius 2 is 1.00 bits per heavy atom. The molecule has 0 aromatic rings. The largest absolute Gasteiger partial charge is 0 e. The van der Waals surface area contributed by atoms with Gasteiger partial charge in [0.05, 0.1) is 0 Å². The molecule has 0 fully saturated rings. The summed E-state index contributed by atoms with van der Waals surface area (Å²) in [7, 11) is 0. The van der Waals surface area contributed by atoms with E-state index in [1.54, 1.807) is 0 Å². The second-order valence-corrected chi connectivity index (χ2v) is 0. The molecular weight excluding hydrogens is 990 g/mol. The topological polar surface area (TPSA) is 0 Å². The molecule has 0 bridgehead atoms. The molecular formula is BiIrOsPtRhRu. The van der Waals surface area contributed by atoms with Crippen molar-refractivity contribution in [1.82, 2.24) is 0 Å². The standard InChI is InChI=1S/Bi.Ir.Os.Pt.Rh.Ru. The molecule has 6 heteroatoms. The normalized spacial score (nSPS) is 0. The summed E-state index contributed by atoms with van der Waals surface area (Å²) in [6.45, 7) is 0. The zero-order valence-corrected chi connectivity index (χ0v) is 16.2. The Labute approximate surface area is 123 Å². The molecule has 0 nitrogen and oxygen atoms in total. The van der Waals surface area contributed by atoms with Crippen molar-refractivity contribution in [3.63, 3.8) is 0 Å². The van der Waals surface area contributed by atoms with Gasteiger partial charge < -0.3 is 0 Å². The maximum atomic E-state index is 0. The van der Waals surface area contributed by atoms with E-state index in [0.717, 1.165) is 0 Å². The van der Waals surface area contributed by atoms with Crippen LogP contribution in [-0.2, 0) is 99.9 Å². The third-order valence-electron chi connectivity index (χ3n) is 0. The van der Waals surface area contributed by atoms with Gasteiger partial charge in [0.2, 0.25) is 0 Å². The number of hydrogen-bond donors (Lipinski definition) is 0. The second-order valence-electron chi connectivity index (χ2n) is 0. The fourth-order valence-corrected chi connectivity index (χ4v) is 0. The molecule has 5 radical (unpaired) electrons. The van der Waals surface area contributed by atoms with Gasteiger partial charge in [0, 0.05) is 126 Å². The predicted octanol–water partition coefficient (Wildman–Crippen LogP) is -0.393. The van der Waals surface area contributed by atoms with Crippen LogP contribution in [0.25, 0.3) is 0 Å². The third kappa shape index (κ3) is 24.3. The van der Waals surface area contributed by atoms with Crippen molar-refractivity contribution < 1.29 is 99.9 Å². The molecule has 0 amide bonds. The van der Waals surface area contributed by atoms with E-state index in [-0.39, 0.29) is 126 Å². The summed E-state index contributed by atoms with van der Waals surface area (Å²) in [5.74, 6) is 0. The van der Waals surface area contributed by atoms with Crippen LogP contribution in [-0.4, -0.2) is 26.2 Å². The first-order valence-corrected chi connectivity index (χ1v) is 0. The first-order valence-electron chi connectivity index (χ1n) is 0. The maximum Gasteiger partial charge on any atom is 0 e. The molecule has 6 heavy (non-hydrogen) atoms. The molecule has 0 rings (SSSR count). The number of rotatable bonds is 0. The summed E-state index contributed by atoms with van der Waals surface area (Å²) in [5.41, 5.74) is 0. The zero-order chi connectivity index (χ0) is 0. The van der Waals surface area contributed by atoms with Crippen LogP contribution in [0, 0.1) is 0 Å². The monoisotopic (exact) mass is 994 g/mol. The average Bonchev–Trinajstić information content (AvgIpc) is 0. The van der Waals surface area contributed by atoms with Crippen molar-refractivity contribution >= 4 is 26.2 Å². The van der Waals surface area contributed by atoms with Crippen LogP contribution in [0.5, 0.6) is 0 Å². The van der Waals surface area contributed by atoms with Crippen molar-refractivity contribution in [2.75, 3.05) is 0 Å². The fraction of sp³-hybridized carbons (Fsp3) is 0. The Morgan fingerprint density at radius 1 is 1.00 bits per heavy atom. The Morgan fingerprint density at radius 3 is 1.00 bits per heavy atom. The van der Waals surface area contributed by atoms with Crippen molar-refractivity contribution in [3.8, 4) is 0 Å². The van der Waals surface area contributed by atoms with Gasteiger partial charge in [-0.3, -0.25) is 0 Å². The fourth-order valence-electron chi connectivity index (χ4n) is 0. The van der Waals surface area contributed by atoms with E-state index >= 15 is 0 Å². The van der Waals surface area contributed by atoms with Gasteiger partial charge in [0.1, 0.15) is 0 Å². The Kier molecular flexibility index (Phi) is 294. The average molecular weight is 990 g/mol. The van der Waals surface area contributed by atoms with Gasteiger partial charge in [0.15, 0.2) is 0 Å². The van der Waals surface area contributed by atoms with Crippen LogP contribution in [0.2, 0.25) is 0 Å². The molecule has 0 N–H and O–H groups in total. The van der Waals surface area contributed by atoms with E-state index in [4.69, 9.17) is 0 Å². The first-order chi connectivity index (χ1) is 0. The molecule has 0 aliphatic heterocycles. The van der Waals surface area contributed by atoms with Crippen LogP contribution in [0.15, 0.2) is 0 Å². The van der Waals surface area contributed by atoms with Crippen LogP contribution in [0.4, 0.5) is 0 Å². The summed E-state index contributed by atoms with van der Waals surface area (Å²) in [4.78, 5) is 0. The van der Waals surface area contributed by atoms with Crippen molar-refractivity contribution in [2.45, 2.75) is 0 Å². The van der Waals surface area contributed by atoms with Gasteiger partial charge in [-0.05, 0) is 0 Å². The van der Waals surface area contributed by atoms with E-state index in [0.29, 0.717) is 0 Å². The third-order valence-corrected chi connectivity index (χ3v) is 0. The van der Waals surface area contributed by atoms with Gasteiger partial charge >= 0.3 is 0 Å². The van der Waals surface area contributed by atoms with E-state index in [9.17, 15) is 0 Å². The van der Waals surface area contributed by atoms with E-state index in [1.807, 2.05) is 0 Å². The SMILES string of the molecule is [Bi].[Ir].[Os].[Pt].[Rh].[Ru]. The molecule has 0 saturated heterocycles. The molecule has 0 saturated carbocycles. The smallest absolute Gasteiger partial charge is 0 e. The van der Waals surface area contributed by atoms with Gasteiger partial charge in [-0.15, -0.1) is 0 Å². The molecule has 0 aromatic carbocycles. The summed E-state index contributed by atoms with van der Waals surface area (Å²) in [6, 6.07) is 0. The molecule has 0 aliphatic carbocycles. The minimum Gasteiger partial charge on any atom is 0 e. The minimum atomic E-state index is 0.